The van der Waals surface area contributed by atoms with E-state index in [0.29, 0.717) is 0 Å². The van der Waals surface area contributed by atoms with Crippen LogP contribution in [0, 0.1) is 0 Å². The average Bonchev–Trinajstić information content (AvgIpc) is 2.13. The van der Waals surface area contributed by atoms with Crippen molar-refractivity contribution in [2.75, 3.05) is 0 Å². The van der Waals surface area contributed by atoms with Gasteiger partial charge in [-0.2, -0.15) is 0 Å². The van der Waals surface area contributed by atoms with E-state index in [0.717, 1.165) is 8.04 Å². The van der Waals surface area contributed by atoms with Crippen LogP contribution >= 0.6 is 0 Å². The molecule has 0 unspecified atom stereocenters. The van der Waals surface area contributed by atoms with Gasteiger partial charge >= 0.3 is 78.8 Å². The van der Waals surface area contributed by atoms with Crippen molar-refractivity contribution in [3.63, 3.8) is 0 Å². The van der Waals surface area contributed by atoms with Gasteiger partial charge in [-0.3, -0.25) is 0 Å². The zero-order valence-corrected chi connectivity index (χ0v) is 10.5. The summed E-state index contributed by atoms with van der Waals surface area (Å²) in [7, 11) is 0. The summed E-state index contributed by atoms with van der Waals surface area (Å²) >= 11 is 2.42. The zero-order chi connectivity index (χ0) is 7.72. The summed E-state index contributed by atoms with van der Waals surface area (Å²) < 4.78 is 1.78. The van der Waals surface area contributed by atoms with Gasteiger partial charge in [-0.25, -0.2) is 0 Å². The van der Waals surface area contributed by atoms with Crippen molar-refractivity contribution in [2.45, 2.75) is 0 Å². The van der Waals surface area contributed by atoms with Crippen LogP contribution in [0.1, 0.15) is 0 Å². The molecule has 0 saturated carbocycles. The predicted molar refractivity (Wildman–Crippen MR) is 28.2 cm³/mol. The van der Waals surface area contributed by atoms with E-state index in [9.17, 15) is 4.79 Å². The van der Waals surface area contributed by atoms with Gasteiger partial charge in [0.15, 0.2) is 0 Å². The topological polar surface area (TPSA) is 61.7 Å². The number of rotatable bonds is 1. The van der Waals surface area contributed by atoms with Gasteiger partial charge < -0.3 is 0 Å². The van der Waals surface area contributed by atoms with Crippen LogP contribution in [0.4, 0.5) is 0 Å². The predicted octanol–water partition coefficient (Wildman–Crippen LogP) is -1.57. The van der Waals surface area contributed by atoms with E-state index in [4.69, 9.17) is 5.11 Å². The molecule has 0 atom stereocenters. The molecule has 6 heteroatoms. The number of carboxylic acid groups (broad SMARTS) is 1. The van der Waals surface area contributed by atoms with Crippen molar-refractivity contribution in [2.24, 2.45) is 4.99 Å². The number of nitrogens with zero attached hydrogens (tertiary/aromatic N) is 1. The number of aliphatic carboxylic acids is 1. The Bertz CT molecular complexity index is 258. The van der Waals surface area contributed by atoms with Gasteiger partial charge in [0.2, 0.25) is 0 Å². The van der Waals surface area contributed by atoms with Crippen molar-refractivity contribution in [1.29, 1.82) is 0 Å². The van der Waals surface area contributed by atoms with Crippen molar-refractivity contribution in [3.8, 4) is 0 Å². The summed E-state index contributed by atoms with van der Waals surface area (Å²) in [5.41, 5.74) is 0. The molecule has 0 aromatic carbocycles. The van der Waals surface area contributed by atoms with Crippen LogP contribution in [-0.2, 0) is 43.5 Å². The maximum atomic E-state index is 10.3. The summed E-state index contributed by atoms with van der Waals surface area (Å²) in [6, 6.07) is 0. The minimum atomic E-state index is -0.991. The van der Waals surface area contributed by atoms with Crippen LogP contribution in [0.5, 0.6) is 0 Å². The van der Waals surface area contributed by atoms with Crippen molar-refractivity contribution in [1.82, 2.24) is 5.32 Å². The molecule has 0 radical (unpaired) electrons. The molecule has 0 aromatic rings. The first kappa shape index (κ1) is 8.16. The molecular formula is C4H2N2O2W2. The number of nitrogens with one attached hydrogen (secondary N) is 1. The number of carbonyl (C=O) groups is 1. The Morgan fingerprint density at radius 3 is 2.40 bits per heavy atom. The Labute approximate surface area is 78.5 Å². The third-order valence-electron chi connectivity index (χ3n) is 0.842. The van der Waals surface area contributed by atoms with E-state index in [1.807, 2.05) is 0 Å². The van der Waals surface area contributed by atoms with Crippen LogP contribution in [0.3, 0.4) is 0 Å². The molecule has 2 N–H and O–H groups in total. The number of hydrogen-bond acceptors (Lipinski definition) is 3. The van der Waals surface area contributed by atoms with Crippen molar-refractivity contribution in [3.05, 3.63) is 0 Å². The van der Waals surface area contributed by atoms with Crippen molar-refractivity contribution >= 4 is 19.8 Å². The molecule has 0 amide bonds. The van der Waals surface area contributed by atoms with Crippen LogP contribution < -0.4 is 5.32 Å². The van der Waals surface area contributed by atoms with Crippen molar-refractivity contribution < 1.29 is 48.6 Å². The summed E-state index contributed by atoms with van der Waals surface area (Å²) in [4.78, 5) is 14.1. The molecule has 0 spiro atoms. The number of amidine groups is 1. The van der Waals surface area contributed by atoms with Gasteiger partial charge in [-0.1, -0.05) is 0 Å². The Morgan fingerprint density at radius 1 is 1.60 bits per heavy atom. The molecule has 0 aliphatic carbocycles. The van der Waals surface area contributed by atoms with E-state index in [1.54, 1.807) is 0 Å². The second-order valence-corrected chi connectivity index (χ2v) is 4.38. The average molecular weight is 478 g/mol. The van der Waals surface area contributed by atoms with E-state index in [2.05, 4.69) is 10.3 Å². The minimum absolute atomic E-state index is 0.0509. The fraction of sp³-hybridized carbons (Fsp3) is 0. The normalized spacial score (nSPS) is 16.6. The summed E-state index contributed by atoms with van der Waals surface area (Å²) in [6.45, 7) is 0. The fourth-order valence-electron chi connectivity index (χ4n) is 0.443. The molecule has 0 bridgehead atoms. The number of carboxylic acids is 1. The van der Waals surface area contributed by atoms with E-state index >= 15 is 0 Å². The standard InChI is InChI=1S/C4H2N2O2.2W/c7-4(8)3-5-1-2-6-3;;/h5H,(H,7,8);;. The Kier molecular flexibility index (Phi) is 2.43. The molecule has 10 heavy (non-hydrogen) atoms. The van der Waals surface area contributed by atoms with E-state index < -0.39 is 5.97 Å². The quantitative estimate of drug-likeness (QED) is 0.480. The van der Waals surface area contributed by atoms with Gasteiger partial charge in [-0.05, 0) is 0 Å². The first-order valence-corrected chi connectivity index (χ1v) is 5.22. The first-order valence-electron chi connectivity index (χ1n) is 2.28. The summed E-state index contributed by atoms with van der Waals surface area (Å²) in [5.74, 6) is -0.940. The SMILES string of the molecule is O=C(O)C1=N[C](=[W])[C](=[W])N1. The van der Waals surface area contributed by atoms with Gasteiger partial charge in [-0.15, -0.1) is 0 Å². The third kappa shape index (κ3) is 1.56. The second-order valence-electron chi connectivity index (χ2n) is 1.52. The molecule has 1 rings (SSSR count). The third-order valence-corrected chi connectivity index (χ3v) is 4.98. The molecule has 0 saturated heterocycles. The molecular weight excluding hydrogens is 476 g/mol. The Morgan fingerprint density at radius 2 is 2.20 bits per heavy atom. The monoisotopic (exact) mass is 478 g/mol. The molecule has 0 fully saturated rings. The molecule has 1 heterocycles. The fourth-order valence-corrected chi connectivity index (χ4v) is 1.47. The van der Waals surface area contributed by atoms with Gasteiger partial charge in [0.1, 0.15) is 0 Å². The Balaban J connectivity index is 2.87. The van der Waals surface area contributed by atoms with E-state index in [-0.39, 0.29) is 5.84 Å². The van der Waals surface area contributed by atoms with Crippen LogP contribution in [0.25, 0.3) is 0 Å². The van der Waals surface area contributed by atoms with E-state index in [1.165, 1.54) is 38.7 Å². The first-order chi connectivity index (χ1) is 4.61. The zero-order valence-electron chi connectivity index (χ0n) is 4.62. The Hall–Kier alpha value is 0.0566. The molecule has 52 valence electrons. The van der Waals surface area contributed by atoms with Gasteiger partial charge in [0, 0.05) is 0 Å². The molecule has 0 aromatic heterocycles. The molecule has 1 aliphatic rings. The molecule has 1 aliphatic heterocycles. The second kappa shape index (κ2) is 2.98. The van der Waals surface area contributed by atoms with Gasteiger partial charge in [0.25, 0.3) is 0 Å². The molecule has 4 nitrogen and oxygen atoms in total. The maximum absolute atomic E-state index is 10.3. The number of aliphatic imine (C=N–C) groups is 1. The van der Waals surface area contributed by atoms with Crippen LogP contribution in [-0.4, -0.2) is 25.0 Å². The van der Waals surface area contributed by atoms with Crippen LogP contribution in [0.15, 0.2) is 4.99 Å². The van der Waals surface area contributed by atoms with Gasteiger partial charge in [0.05, 0.1) is 0 Å². The summed E-state index contributed by atoms with van der Waals surface area (Å²) in [6.07, 6.45) is 0. The number of hydrogen-bond donors (Lipinski definition) is 2. The summed E-state index contributed by atoms with van der Waals surface area (Å²) in [5, 5.41) is 11.1. The van der Waals surface area contributed by atoms with Crippen LogP contribution in [0.2, 0.25) is 0 Å².